The van der Waals surface area contributed by atoms with E-state index in [1.54, 1.807) is 18.2 Å². The van der Waals surface area contributed by atoms with Crippen molar-refractivity contribution < 1.29 is 13.3 Å². The number of benzene rings is 2. The molecule has 3 rings (SSSR count). The van der Waals surface area contributed by atoms with E-state index < -0.39 is 10.0 Å². The third-order valence-electron chi connectivity index (χ3n) is 4.15. The molecule has 2 aromatic carbocycles. The first-order valence-electron chi connectivity index (χ1n) is 7.76. The Bertz CT molecular complexity index is 910. The highest BCUT2D eigenvalue weighted by atomic mass is 32.2. The molecule has 4 N–H and O–H groups in total. The van der Waals surface area contributed by atoms with E-state index in [1.165, 1.54) is 18.2 Å². The molecule has 0 fully saturated rings. The van der Waals surface area contributed by atoms with Crippen LogP contribution in [-0.2, 0) is 22.9 Å². The van der Waals surface area contributed by atoms with Crippen LogP contribution in [0.2, 0.25) is 0 Å². The van der Waals surface area contributed by atoms with Gasteiger partial charge >= 0.3 is 0 Å². The SMILES string of the molecule is NS(=O)(=O)c1ccc(CCNc2c([N+](=O)[O-])ccc3c2CCN3)cc1. The van der Waals surface area contributed by atoms with Crippen LogP contribution in [0.4, 0.5) is 17.1 Å². The second kappa shape index (κ2) is 6.69. The highest BCUT2D eigenvalue weighted by Gasteiger charge is 2.23. The maximum Gasteiger partial charge on any atom is 0.292 e. The Hall–Kier alpha value is -2.65. The number of fused-ring (bicyclic) bond motifs is 1. The average molecular weight is 362 g/mol. The van der Waals surface area contributed by atoms with Crippen LogP contribution in [0.1, 0.15) is 11.1 Å². The molecule has 1 heterocycles. The van der Waals surface area contributed by atoms with Crippen molar-refractivity contribution in [1.82, 2.24) is 0 Å². The van der Waals surface area contributed by atoms with Crippen molar-refractivity contribution in [2.75, 3.05) is 23.7 Å². The topological polar surface area (TPSA) is 127 Å². The maximum atomic E-state index is 11.3. The predicted molar refractivity (Wildman–Crippen MR) is 95.3 cm³/mol. The molecule has 2 aromatic rings. The van der Waals surface area contributed by atoms with Gasteiger partial charge in [0.25, 0.3) is 5.69 Å². The van der Waals surface area contributed by atoms with Gasteiger partial charge in [0.15, 0.2) is 0 Å². The molecule has 132 valence electrons. The normalized spacial score (nSPS) is 13.2. The predicted octanol–water partition coefficient (Wildman–Crippen LogP) is 1.86. The summed E-state index contributed by atoms with van der Waals surface area (Å²) >= 11 is 0. The standard InChI is InChI=1S/C16H18N4O4S/c17-25(23,24)12-3-1-11(2-4-12)7-9-19-16-13-8-10-18-14(13)5-6-15(16)20(21)22/h1-6,18-19H,7-10H2,(H2,17,23,24). The Kier molecular flexibility index (Phi) is 4.60. The highest BCUT2D eigenvalue weighted by Crippen LogP contribution is 2.36. The van der Waals surface area contributed by atoms with Crippen LogP contribution in [0, 0.1) is 10.1 Å². The molecular weight excluding hydrogens is 344 g/mol. The van der Waals surface area contributed by atoms with Gasteiger partial charge in [-0.15, -0.1) is 0 Å². The number of nitrogens with zero attached hydrogens (tertiary/aromatic N) is 1. The molecule has 0 bridgehead atoms. The maximum absolute atomic E-state index is 11.3. The molecule has 0 unspecified atom stereocenters. The molecule has 0 saturated heterocycles. The van der Waals surface area contributed by atoms with Gasteiger partial charge in [-0.05, 0) is 36.6 Å². The van der Waals surface area contributed by atoms with Gasteiger partial charge in [0.1, 0.15) is 5.69 Å². The molecule has 1 aliphatic heterocycles. The quantitative estimate of drug-likeness (QED) is 0.532. The second-order valence-corrected chi connectivity index (χ2v) is 7.35. The van der Waals surface area contributed by atoms with Gasteiger partial charge in [-0.3, -0.25) is 10.1 Å². The van der Waals surface area contributed by atoms with Crippen molar-refractivity contribution in [1.29, 1.82) is 0 Å². The van der Waals surface area contributed by atoms with Crippen molar-refractivity contribution in [2.24, 2.45) is 5.14 Å². The molecule has 0 aromatic heterocycles. The first-order chi connectivity index (χ1) is 11.9. The van der Waals surface area contributed by atoms with Crippen molar-refractivity contribution in [3.63, 3.8) is 0 Å². The van der Waals surface area contributed by atoms with Crippen molar-refractivity contribution in [3.05, 3.63) is 57.6 Å². The third-order valence-corrected chi connectivity index (χ3v) is 5.07. The minimum absolute atomic E-state index is 0.0619. The highest BCUT2D eigenvalue weighted by molar-refractivity contribution is 7.89. The van der Waals surface area contributed by atoms with E-state index in [0.717, 1.165) is 29.8 Å². The van der Waals surface area contributed by atoms with E-state index in [-0.39, 0.29) is 15.5 Å². The number of rotatable bonds is 6. The van der Waals surface area contributed by atoms with Gasteiger partial charge < -0.3 is 10.6 Å². The van der Waals surface area contributed by atoms with E-state index in [1.807, 2.05) is 0 Å². The molecule has 8 nitrogen and oxygen atoms in total. The summed E-state index contributed by atoms with van der Waals surface area (Å²) in [7, 11) is -3.70. The Morgan fingerprint density at radius 2 is 1.92 bits per heavy atom. The van der Waals surface area contributed by atoms with Crippen molar-refractivity contribution in [2.45, 2.75) is 17.7 Å². The fourth-order valence-electron chi connectivity index (χ4n) is 2.91. The number of hydrogen-bond donors (Lipinski definition) is 3. The molecule has 0 spiro atoms. The van der Waals surface area contributed by atoms with Crippen LogP contribution < -0.4 is 15.8 Å². The van der Waals surface area contributed by atoms with Crippen LogP contribution in [0.3, 0.4) is 0 Å². The number of hydrogen-bond acceptors (Lipinski definition) is 6. The summed E-state index contributed by atoms with van der Waals surface area (Å²) in [4.78, 5) is 10.9. The zero-order chi connectivity index (χ0) is 18.0. The monoisotopic (exact) mass is 362 g/mol. The first-order valence-corrected chi connectivity index (χ1v) is 9.30. The number of sulfonamides is 1. The number of nitro groups is 1. The summed E-state index contributed by atoms with van der Waals surface area (Å²) in [5.74, 6) is 0. The lowest BCUT2D eigenvalue weighted by atomic mass is 10.1. The number of nitrogens with two attached hydrogens (primary N) is 1. The van der Waals surface area contributed by atoms with E-state index in [9.17, 15) is 18.5 Å². The summed E-state index contributed by atoms with van der Waals surface area (Å²) in [6.07, 6.45) is 1.33. The zero-order valence-corrected chi connectivity index (χ0v) is 14.2. The van der Waals surface area contributed by atoms with Crippen molar-refractivity contribution >= 4 is 27.1 Å². The summed E-state index contributed by atoms with van der Waals surface area (Å²) < 4.78 is 22.5. The van der Waals surface area contributed by atoms with Gasteiger partial charge in [-0.25, -0.2) is 13.6 Å². The number of primary sulfonamides is 1. The summed E-state index contributed by atoms with van der Waals surface area (Å²) in [5, 5.41) is 22.7. The van der Waals surface area contributed by atoms with Crippen LogP contribution >= 0.6 is 0 Å². The third kappa shape index (κ3) is 3.72. The molecule has 0 aliphatic carbocycles. The van der Waals surface area contributed by atoms with Gasteiger partial charge in [-0.2, -0.15) is 0 Å². The largest absolute Gasteiger partial charge is 0.384 e. The number of nitrogens with one attached hydrogen (secondary N) is 2. The van der Waals surface area contributed by atoms with Gasteiger partial charge in [0, 0.05) is 30.4 Å². The molecule has 0 atom stereocenters. The second-order valence-electron chi connectivity index (χ2n) is 5.79. The lowest BCUT2D eigenvalue weighted by Gasteiger charge is -2.12. The molecule has 0 radical (unpaired) electrons. The molecule has 0 saturated carbocycles. The number of nitro benzene ring substituents is 1. The fraction of sp³-hybridized carbons (Fsp3) is 0.250. The summed E-state index contributed by atoms with van der Waals surface area (Å²) in [5.41, 5.74) is 3.37. The van der Waals surface area contributed by atoms with E-state index >= 15 is 0 Å². The van der Waals surface area contributed by atoms with Gasteiger partial charge in [-0.1, -0.05) is 12.1 Å². The summed E-state index contributed by atoms with van der Waals surface area (Å²) in [6, 6.07) is 9.52. The Balaban J connectivity index is 1.72. The molecule has 1 aliphatic rings. The fourth-order valence-corrected chi connectivity index (χ4v) is 3.43. The molecule has 9 heteroatoms. The number of anilines is 2. The first kappa shape index (κ1) is 17.2. The molecule has 25 heavy (non-hydrogen) atoms. The van der Waals surface area contributed by atoms with Crippen molar-refractivity contribution in [3.8, 4) is 0 Å². The zero-order valence-electron chi connectivity index (χ0n) is 13.4. The smallest absolute Gasteiger partial charge is 0.292 e. The van der Waals surface area contributed by atoms with Gasteiger partial charge in [0.2, 0.25) is 10.0 Å². The van der Waals surface area contributed by atoms with E-state index in [2.05, 4.69) is 10.6 Å². The Labute approximate surface area is 145 Å². The average Bonchev–Trinajstić information content (AvgIpc) is 3.03. The lowest BCUT2D eigenvalue weighted by Crippen LogP contribution is -2.12. The Morgan fingerprint density at radius 1 is 1.20 bits per heavy atom. The lowest BCUT2D eigenvalue weighted by molar-refractivity contribution is -0.384. The van der Waals surface area contributed by atoms with E-state index in [0.29, 0.717) is 18.7 Å². The van der Waals surface area contributed by atoms with Crippen LogP contribution in [0.5, 0.6) is 0 Å². The van der Waals surface area contributed by atoms with Crippen LogP contribution in [0.15, 0.2) is 41.3 Å². The minimum Gasteiger partial charge on any atom is -0.384 e. The van der Waals surface area contributed by atoms with Crippen LogP contribution in [0.25, 0.3) is 0 Å². The summed E-state index contributed by atoms with van der Waals surface area (Å²) in [6.45, 7) is 1.26. The van der Waals surface area contributed by atoms with Crippen LogP contribution in [-0.4, -0.2) is 26.4 Å². The molecule has 0 amide bonds. The molecular formula is C16H18N4O4S. The Morgan fingerprint density at radius 3 is 2.56 bits per heavy atom. The minimum atomic E-state index is -3.70. The van der Waals surface area contributed by atoms with Gasteiger partial charge in [0.05, 0.1) is 9.82 Å². The van der Waals surface area contributed by atoms with E-state index in [4.69, 9.17) is 5.14 Å².